The molecule has 3 atom stereocenters. The van der Waals surface area contributed by atoms with E-state index in [2.05, 4.69) is 10.6 Å². The summed E-state index contributed by atoms with van der Waals surface area (Å²) in [4.78, 5) is 42.7. The molecule has 1 aliphatic rings. The highest BCUT2D eigenvalue weighted by molar-refractivity contribution is 5.98. The zero-order valence-electron chi connectivity index (χ0n) is 27.4. The fraction of sp³-hybridized carbons (Fsp3) is 0.417. The highest BCUT2D eigenvalue weighted by Gasteiger charge is 2.43. The van der Waals surface area contributed by atoms with Gasteiger partial charge in [-0.1, -0.05) is 42.5 Å². The van der Waals surface area contributed by atoms with Crippen molar-refractivity contribution in [2.75, 3.05) is 13.2 Å². The van der Waals surface area contributed by atoms with Crippen molar-refractivity contribution in [1.82, 2.24) is 15.5 Å². The summed E-state index contributed by atoms with van der Waals surface area (Å²) in [6, 6.07) is 21.8. The first-order valence-corrected chi connectivity index (χ1v) is 15.7. The maximum atomic E-state index is 13.9. The monoisotopic (exact) mass is 629 g/mol. The number of nitrogens with zero attached hydrogens (tertiary/aromatic N) is 1. The van der Waals surface area contributed by atoms with Gasteiger partial charge in [0.15, 0.2) is 0 Å². The number of ether oxygens (including phenoxy) is 2. The van der Waals surface area contributed by atoms with Gasteiger partial charge < -0.3 is 36.5 Å². The number of nitrogens with one attached hydrogen (secondary N) is 2. The molecule has 1 fully saturated rings. The molecule has 1 aliphatic heterocycles. The van der Waals surface area contributed by atoms with Gasteiger partial charge in [0.1, 0.15) is 29.3 Å². The van der Waals surface area contributed by atoms with E-state index in [0.29, 0.717) is 24.5 Å². The Morgan fingerprint density at radius 3 is 1.98 bits per heavy atom. The molecule has 3 aromatic carbocycles. The average Bonchev–Trinajstić information content (AvgIpc) is 2.98. The number of piperazine rings is 1. The second-order valence-electron chi connectivity index (χ2n) is 13.3. The molecule has 10 nitrogen and oxygen atoms in total. The molecule has 246 valence electrons. The molecule has 0 spiro atoms. The van der Waals surface area contributed by atoms with Gasteiger partial charge in [0, 0.05) is 30.5 Å². The maximum Gasteiger partial charge on any atom is 0.245 e. The van der Waals surface area contributed by atoms with Gasteiger partial charge in [-0.15, -0.1) is 0 Å². The van der Waals surface area contributed by atoms with E-state index in [9.17, 15) is 14.4 Å². The third-order valence-corrected chi connectivity index (χ3v) is 7.52. The lowest BCUT2D eigenvalue weighted by atomic mass is 9.91. The van der Waals surface area contributed by atoms with E-state index < -0.39 is 29.2 Å². The van der Waals surface area contributed by atoms with Gasteiger partial charge in [-0.25, -0.2) is 0 Å². The summed E-state index contributed by atoms with van der Waals surface area (Å²) in [7, 11) is 0. The molecule has 0 aliphatic carbocycles. The predicted molar refractivity (Wildman–Crippen MR) is 178 cm³/mol. The number of carbonyl (C=O) groups excluding carboxylic acids is 3. The van der Waals surface area contributed by atoms with E-state index in [1.165, 1.54) is 0 Å². The summed E-state index contributed by atoms with van der Waals surface area (Å²) in [5, 5.41) is 5.87. The molecular formula is C36H47N5O5. The van der Waals surface area contributed by atoms with Crippen molar-refractivity contribution in [3.63, 3.8) is 0 Å². The normalized spacial score (nSPS) is 17.5. The van der Waals surface area contributed by atoms with Gasteiger partial charge in [0.05, 0.1) is 12.6 Å². The lowest BCUT2D eigenvalue weighted by molar-refractivity contribution is -0.143. The van der Waals surface area contributed by atoms with Gasteiger partial charge in [-0.05, 0) is 88.6 Å². The Hall–Kier alpha value is -4.41. The summed E-state index contributed by atoms with van der Waals surface area (Å²) >= 11 is 0. The van der Waals surface area contributed by atoms with Crippen molar-refractivity contribution in [1.29, 1.82) is 0 Å². The van der Waals surface area contributed by atoms with E-state index in [1.54, 1.807) is 18.7 Å². The fourth-order valence-electron chi connectivity index (χ4n) is 5.47. The van der Waals surface area contributed by atoms with Crippen LogP contribution >= 0.6 is 0 Å². The van der Waals surface area contributed by atoms with Crippen LogP contribution in [0, 0.1) is 0 Å². The third-order valence-electron chi connectivity index (χ3n) is 7.52. The minimum Gasteiger partial charge on any atom is -0.494 e. The lowest BCUT2D eigenvalue weighted by Gasteiger charge is -2.43. The molecule has 0 bridgehead atoms. The van der Waals surface area contributed by atoms with Crippen LogP contribution in [0.25, 0.3) is 0 Å². The Morgan fingerprint density at radius 2 is 1.39 bits per heavy atom. The third kappa shape index (κ3) is 10.1. The number of carbonyl (C=O) groups is 3. The van der Waals surface area contributed by atoms with Gasteiger partial charge in [-0.3, -0.25) is 14.4 Å². The highest BCUT2D eigenvalue weighted by atomic mass is 16.5. The quantitative estimate of drug-likeness (QED) is 0.212. The summed E-state index contributed by atoms with van der Waals surface area (Å²) in [6.45, 7) is 9.81. The maximum absolute atomic E-state index is 13.9. The smallest absolute Gasteiger partial charge is 0.245 e. The molecule has 6 N–H and O–H groups in total. The van der Waals surface area contributed by atoms with Crippen LogP contribution in [0.3, 0.4) is 0 Å². The number of amides is 3. The Bertz CT molecular complexity index is 1460. The molecule has 3 aromatic rings. The summed E-state index contributed by atoms with van der Waals surface area (Å²) < 4.78 is 11.5. The zero-order valence-corrected chi connectivity index (χ0v) is 27.4. The van der Waals surface area contributed by atoms with Crippen molar-refractivity contribution < 1.29 is 23.9 Å². The predicted octanol–water partition coefficient (Wildman–Crippen LogP) is 3.71. The van der Waals surface area contributed by atoms with Crippen LogP contribution in [0.4, 0.5) is 0 Å². The molecule has 46 heavy (non-hydrogen) atoms. The van der Waals surface area contributed by atoms with Crippen molar-refractivity contribution in [2.45, 2.75) is 83.1 Å². The Kier molecular flexibility index (Phi) is 11.1. The van der Waals surface area contributed by atoms with Gasteiger partial charge in [-0.2, -0.15) is 0 Å². The second kappa shape index (κ2) is 14.8. The van der Waals surface area contributed by atoms with Gasteiger partial charge >= 0.3 is 0 Å². The summed E-state index contributed by atoms with van der Waals surface area (Å²) in [5.41, 5.74) is 12.9. The molecule has 1 heterocycles. The first kappa shape index (κ1) is 34.5. The first-order valence-electron chi connectivity index (χ1n) is 15.7. The lowest BCUT2D eigenvalue weighted by Crippen LogP contribution is -2.69. The molecule has 1 unspecified atom stereocenters. The topological polar surface area (TPSA) is 149 Å². The number of hydrogen-bond acceptors (Lipinski definition) is 7. The molecule has 0 radical (unpaired) electrons. The molecule has 4 rings (SSSR count). The molecule has 0 saturated carbocycles. The van der Waals surface area contributed by atoms with Crippen molar-refractivity contribution in [3.05, 3.63) is 90.0 Å². The average molecular weight is 630 g/mol. The molecule has 0 aromatic heterocycles. The van der Waals surface area contributed by atoms with Crippen molar-refractivity contribution >= 4 is 17.7 Å². The van der Waals surface area contributed by atoms with E-state index in [-0.39, 0.29) is 37.1 Å². The van der Waals surface area contributed by atoms with Gasteiger partial charge in [0.2, 0.25) is 17.7 Å². The number of benzene rings is 3. The van der Waals surface area contributed by atoms with Crippen LogP contribution in [0.5, 0.6) is 17.2 Å². The van der Waals surface area contributed by atoms with Crippen molar-refractivity contribution in [3.8, 4) is 17.2 Å². The second-order valence-corrected chi connectivity index (χ2v) is 13.3. The summed E-state index contributed by atoms with van der Waals surface area (Å²) in [6.07, 6.45) is 0.622. The van der Waals surface area contributed by atoms with Crippen LogP contribution in [0.1, 0.15) is 52.2 Å². The van der Waals surface area contributed by atoms with Gasteiger partial charge in [0.25, 0.3) is 0 Å². The van der Waals surface area contributed by atoms with E-state index in [4.69, 9.17) is 20.9 Å². The van der Waals surface area contributed by atoms with E-state index in [0.717, 1.165) is 16.9 Å². The van der Waals surface area contributed by atoms with Crippen LogP contribution in [0.15, 0.2) is 78.9 Å². The minimum atomic E-state index is -1.02. The molecule has 1 saturated heterocycles. The molecular weight excluding hydrogens is 582 g/mol. The van der Waals surface area contributed by atoms with Crippen LogP contribution in [-0.2, 0) is 27.2 Å². The largest absolute Gasteiger partial charge is 0.494 e. The fourth-order valence-corrected chi connectivity index (χ4v) is 5.47. The van der Waals surface area contributed by atoms with E-state index >= 15 is 0 Å². The standard InChI is InChI=1S/C36H47N5O5/c1-6-45-26-16-12-24(13-17-26)20-29-33(43)40-32(34(44)39-29)30(41(23-36(4,5)38)31(42)22-35(2,3)37)21-25-14-18-28(19-15-25)46-27-10-8-7-9-11-27/h7-19,29-30,32H,6,20-23,37-38H2,1-5H3,(H,39,44)(H,40,43)/t29?,30-,32-/m0/s1. The van der Waals surface area contributed by atoms with Crippen molar-refractivity contribution in [2.24, 2.45) is 11.5 Å². The number of para-hydroxylation sites is 1. The number of nitrogens with two attached hydrogens (primary N) is 2. The Balaban J connectivity index is 1.60. The molecule has 3 amide bonds. The molecule has 10 heteroatoms. The van der Waals surface area contributed by atoms with Crippen LogP contribution in [-0.4, -0.2) is 65.0 Å². The minimum absolute atomic E-state index is 0.0338. The SMILES string of the molecule is CCOc1ccc(CC2NC(=O)[C@H]([C@H](Cc3ccc(Oc4ccccc4)cc3)N(CC(C)(C)N)C(=O)CC(C)(C)N)NC2=O)cc1. The van der Waals surface area contributed by atoms with Crippen LogP contribution < -0.4 is 31.6 Å². The van der Waals surface area contributed by atoms with E-state index in [1.807, 2.05) is 99.6 Å². The Labute approximate surface area is 271 Å². The summed E-state index contributed by atoms with van der Waals surface area (Å²) in [5.74, 6) is 1.14. The number of hydrogen-bond donors (Lipinski definition) is 4. The first-order chi connectivity index (χ1) is 21.7. The zero-order chi connectivity index (χ0) is 33.5. The van der Waals surface area contributed by atoms with Crippen LogP contribution in [0.2, 0.25) is 0 Å². The number of rotatable bonds is 14. The highest BCUT2D eigenvalue weighted by Crippen LogP contribution is 2.25. The Morgan fingerprint density at radius 1 is 0.804 bits per heavy atom.